The van der Waals surface area contributed by atoms with Crippen molar-refractivity contribution in [1.29, 1.82) is 0 Å². The second kappa shape index (κ2) is 5.79. The molecule has 1 atom stereocenters. The molecule has 0 saturated carbocycles. The fourth-order valence-electron chi connectivity index (χ4n) is 3.38. The highest BCUT2D eigenvalue weighted by atomic mass is 16.5. The number of hydrogen-bond acceptors (Lipinski definition) is 6. The number of morpholine rings is 1. The summed E-state index contributed by atoms with van der Waals surface area (Å²) >= 11 is 0. The number of aromatic nitrogens is 4. The molecule has 4 rings (SSSR count). The smallest absolute Gasteiger partial charge is 0.324 e. The Morgan fingerprint density at radius 3 is 2.64 bits per heavy atom. The molecule has 0 spiro atoms. The summed E-state index contributed by atoms with van der Waals surface area (Å²) in [6, 6.07) is 3.76. The van der Waals surface area contributed by atoms with Gasteiger partial charge in [0.2, 0.25) is 11.8 Å². The third-order valence-electron chi connectivity index (χ3n) is 4.43. The van der Waals surface area contributed by atoms with Gasteiger partial charge in [-0.25, -0.2) is 0 Å². The topological polar surface area (TPSA) is 73.4 Å². The van der Waals surface area contributed by atoms with Crippen molar-refractivity contribution in [2.45, 2.75) is 19.1 Å². The molecule has 0 aromatic carbocycles. The summed E-state index contributed by atoms with van der Waals surface area (Å²) in [4.78, 5) is 9.52. The summed E-state index contributed by atoms with van der Waals surface area (Å²) in [5.41, 5.74) is 1.15. The van der Waals surface area contributed by atoms with Crippen molar-refractivity contribution in [1.82, 2.24) is 24.7 Å². The summed E-state index contributed by atoms with van der Waals surface area (Å²) in [7, 11) is 0. The van der Waals surface area contributed by atoms with Crippen molar-refractivity contribution in [3.8, 4) is 0 Å². The molecule has 2 aromatic heterocycles. The van der Waals surface area contributed by atoms with Crippen LogP contribution in [-0.2, 0) is 4.74 Å². The molecule has 2 aromatic rings. The van der Waals surface area contributed by atoms with E-state index in [1.165, 1.54) is 12.8 Å². The Morgan fingerprint density at radius 1 is 1.14 bits per heavy atom. The highest BCUT2D eigenvalue weighted by molar-refractivity contribution is 5.66. The summed E-state index contributed by atoms with van der Waals surface area (Å²) < 4.78 is 7.30. The molecular formula is C14H20N6O2. The number of hydrogen-bond donors (Lipinski definition) is 0. The fraction of sp³-hybridized carbons (Fsp3) is 0.643. The lowest BCUT2D eigenvalue weighted by molar-refractivity contribution is -0.649. The molecule has 0 aliphatic carbocycles. The zero-order valence-corrected chi connectivity index (χ0v) is 12.5. The Morgan fingerprint density at radius 2 is 1.86 bits per heavy atom. The minimum Gasteiger partial charge on any atom is -0.721 e. The van der Waals surface area contributed by atoms with E-state index in [0.717, 1.165) is 44.9 Å². The van der Waals surface area contributed by atoms with Gasteiger partial charge in [-0.2, -0.15) is 0 Å². The van der Waals surface area contributed by atoms with Gasteiger partial charge in [0.25, 0.3) is 0 Å². The van der Waals surface area contributed by atoms with Gasteiger partial charge in [0.1, 0.15) is 6.20 Å². The van der Waals surface area contributed by atoms with Gasteiger partial charge in [-0.1, -0.05) is 0 Å². The first kappa shape index (κ1) is 13.9. The number of nitrogens with zero attached hydrogens (tertiary/aromatic N) is 6. The van der Waals surface area contributed by atoms with Gasteiger partial charge in [0, 0.05) is 31.4 Å². The van der Waals surface area contributed by atoms with Crippen LogP contribution in [0.25, 0.3) is 11.2 Å². The number of likely N-dealkylation sites (tertiary alicyclic amines) is 1. The number of ether oxygens (including phenoxy) is 1. The molecule has 4 heterocycles. The first-order chi connectivity index (χ1) is 10.8. The lowest BCUT2D eigenvalue weighted by Crippen LogP contribution is -2.49. The zero-order valence-electron chi connectivity index (χ0n) is 12.5. The Hall–Kier alpha value is -1.77. The van der Waals surface area contributed by atoms with Gasteiger partial charge < -0.3 is 9.94 Å². The molecule has 0 amide bonds. The molecule has 2 saturated heterocycles. The van der Waals surface area contributed by atoms with E-state index >= 15 is 0 Å². The van der Waals surface area contributed by atoms with Crippen LogP contribution in [0.3, 0.4) is 0 Å². The van der Waals surface area contributed by atoms with Gasteiger partial charge in [0.05, 0.1) is 13.2 Å². The van der Waals surface area contributed by atoms with E-state index in [9.17, 15) is 5.21 Å². The number of fused-ring (bicyclic) bond motifs is 1. The molecule has 2 aliphatic heterocycles. The van der Waals surface area contributed by atoms with Crippen molar-refractivity contribution in [2.75, 3.05) is 39.4 Å². The van der Waals surface area contributed by atoms with Crippen LogP contribution >= 0.6 is 0 Å². The third kappa shape index (κ3) is 2.33. The monoisotopic (exact) mass is 304 g/mol. The summed E-state index contributed by atoms with van der Waals surface area (Å²) in [6.45, 7) is 5.20. The predicted molar refractivity (Wildman–Crippen MR) is 78.7 cm³/mol. The van der Waals surface area contributed by atoms with E-state index in [-0.39, 0.29) is 6.29 Å². The van der Waals surface area contributed by atoms with Gasteiger partial charge >= 0.3 is 5.65 Å². The van der Waals surface area contributed by atoms with Crippen molar-refractivity contribution in [3.05, 3.63) is 23.5 Å². The Bertz CT molecular complexity index is 648. The summed E-state index contributed by atoms with van der Waals surface area (Å²) in [5.74, 6) is 0. The second-order valence-corrected chi connectivity index (χ2v) is 5.79. The molecule has 0 radical (unpaired) electrons. The molecule has 2 aliphatic rings. The van der Waals surface area contributed by atoms with Crippen LogP contribution in [0.4, 0.5) is 0 Å². The van der Waals surface area contributed by atoms with Gasteiger partial charge in [0.15, 0.2) is 0 Å². The van der Waals surface area contributed by atoms with Crippen LogP contribution in [0.1, 0.15) is 19.1 Å². The van der Waals surface area contributed by atoms with Crippen molar-refractivity contribution in [3.63, 3.8) is 0 Å². The Labute approximate surface area is 128 Å². The van der Waals surface area contributed by atoms with Crippen LogP contribution in [0.5, 0.6) is 0 Å². The highest BCUT2D eigenvalue weighted by Crippen LogP contribution is 2.26. The maximum atomic E-state index is 12.1. The van der Waals surface area contributed by atoms with Gasteiger partial charge in [-0.3, -0.25) is 9.80 Å². The van der Waals surface area contributed by atoms with E-state index in [2.05, 4.69) is 20.0 Å². The van der Waals surface area contributed by atoms with Crippen LogP contribution < -0.4 is 4.85 Å². The van der Waals surface area contributed by atoms with Gasteiger partial charge in [-0.15, -0.1) is 14.5 Å². The second-order valence-electron chi connectivity index (χ2n) is 5.79. The van der Waals surface area contributed by atoms with Crippen LogP contribution in [0, 0.1) is 5.21 Å². The quantitative estimate of drug-likeness (QED) is 0.585. The first-order valence-electron chi connectivity index (χ1n) is 7.83. The molecule has 0 N–H and O–H groups in total. The van der Waals surface area contributed by atoms with E-state index in [1.807, 2.05) is 16.8 Å². The molecule has 2 fully saturated rings. The molecule has 118 valence electrons. The van der Waals surface area contributed by atoms with E-state index < -0.39 is 0 Å². The Kier molecular flexibility index (Phi) is 3.65. The lowest BCUT2D eigenvalue weighted by atomic mass is 10.4. The standard InChI is InChI=1S/C14H20N6O2/c21-20-13-12(4-3-5-15-13)19(16-20)14(17-6-1-2-7-17)18-8-10-22-11-9-18/h3-5,14H,1-2,6-11H2. The molecule has 1 unspecified atom stereocenters. The molecule has 8 nitrogen and oxygen atoms in total. The van der Waals surface area contributed by atoms with Gasteiger partial charge in [-0.05, 0) is 25.0 Å². The fourth-order valence-corrected chi connectivity index (χ4v) is 3.38. The predicted octanol–water partition coefficient (Wildman–Crippen LogP) is -0.0512. The van der Waals surface area contributed by atoms with Crippen LogP contribution in [0.15, 0.2) is 18.3 Å². The van der Waals surface area contributed by atoms with E-state index in [1.54, 1.807) is 6.20 Å². The van der Waals surface area contributed by atoms with Crippen LogP contribution in [-0.4, -0.2) is 64.1 Å². The third-order valence-corrected chi connectivity index (χ3v) is 4.43. The van der Waals surface area contributed by atoms with E-state index in [4.69, 9.17) is 4.74 Å². The molecule has 0 bridgehead atoms. The average Bonchev–Trinajstić information content (AvgIpc) is 3.19. The SMILES string of the molecule is [O-][n+]1nn(C(N2CCCC2)N2CCOCC2)c2cccnc21. The minimum atomic E-state index is -0.0340. The average molecular weight is 304 g/mol. The van der Waals surface area contributed by atoms with Crippen molar-refractivity contribution >= 4 is 11.2 Å². The zero-order chi connectivity index (χ0) is 14.9. The summed E-state index contributed by atoms with van der Waals surface area (Å²) in [6.07, 6.45) is 3.97. The number of pyridine rings is 1. The molecule has 22 heavy (non-hydrogen) atoms. The summed E-state index contributed by atoms with van der Waals surface area (Å²) in [5, 5.41) is 16.3. The normalized spacial score (nSPS) is 22.4. The molecular weight excluding hydrogens is 284 g/mol. The number of rotatable bonds is 3. The van der Waals surface area contributed by atoms with Crippen molar-refractivity contribution < 1.29 is 9.58 Å². The van der Waals surface area contributed by atoms with Crippen molar-refractivity contribution in [2.24, 2.45) is 0 Å². The first-order valence-corrected chi connectivity index (χ1v) is 7.83. The van der Waals surface area contributed by atoms with Crippen LogP contribution in [0.2, 0.25) is 0 Å². The lowest BCUT2D eigenvalue weighted by Gasteiger charge is -2.37. The largest absolute Gasteiger partial charge is 0.721 e. The minimum absolute atomic E-state index is 0.0340. The molecule has 8 heteroatoms. The maximum absolute atomic E-state index is 12.1. The highest BCUT2D eigenvalue weighted by Gasteiger charge is 2.35. The maximum Gasteiger partial charge on any atom is 0.324 e. The van der Waals surface area contributed by atoms with E-state index in [0.29, 0.717) is 10.5 Å². The Balaban J connectivity index is 1.77.